The number of nitrogens with one attached hydrogen (secondary N) is 1. The average Bonchev–Trinajstić information content (AvgIpc) is 2.68. The van der Waals surface area contributed by atoms with Gasteiger partial charge in [0.25, 0.3) is 0 Å². The molecule has 3 heteroatoms. The van der Waals surface area contributed by atoms with Crippen LogP contribution in [0.25, 0.3) is 0 Å². The molecule has 0 spiro atoms. The van der Waals surface area contributed by atoms with Crippen molar-refractivity contribution in [1.82, 2.24) is 10.2 Å². The van der Waals surface area contributed by atoms with Gasteiger partial charge >= 0.3 is 0 Å². The van der Waals surface area contributed by atoms with E-state index >= 15 is 0 Å². The lowest BCUT2D eigenvalue weighted by Gasteiger charge is -2.38. The number of likely N-dealkylation sites (N-methyl/N-ethyl adjacent to an activating group) is 1. The fourth-order valence-electron chi connectivity index (χ4n) is 4.42. The van der Waals surface area contributed by atoms with Gasteiger partial charge in [-0.05, 0) is 61.6 Å². The van der Waals surface area contributed by atoms with Crippen molar-refractivity contribution in [2.75, 3.05) is 38.1 Å². The Bertz CT molecular complexity index is 733. The molecule has 2 aromatic carbocycles. The molecule has 0 amide bonds. The molecule has 26 heavy (non-hydrogen) atoms. The molecule has 1 heterocycles. The number of aryl methyl sites for hydroxylation is 1. The maximum Gasteiger partial charge on any atom is 0.0403 e. The molecule has 1 saturated heterocycles. The number of anilines is 1. The Morgan fingerprint density at radius 2 is 1.73 bits per heavy atom. The summed E-state index contributed by atoms with van der Waals surface area (Å²) in [6, 6.07) is 16.1. The predicted octanol–water partition coefficient (Wildman–Crippen LogP) is 3.39. The van der Waals surface area contributed by atoms with Crippen LogP contribution in [0.4, 0.5) is 5.69 Å². The third-order valence-electron chi connectivity index (χ3n) is 6.12. The van der Waals surface area contributed by atoms with Crippen molar-refractivity contribution in [3.63, 3.8) is 0 Å². The molecule has 0 bridgehead atoms. The van der Waals surface area contributed by atoms with Crippen molar-refractivity contribution >= 4 is 5.69 Å². The highest BCUT2D eigenvalue weighted by molar-refractivity contribution is 5.60. The third-order valence-corrected chi connectivity index (χ3v) is 6.12. The van der Waals surface area contributed by atoms with Crippen LogP contribution in [0.5, 0.6) is 0 Å². The summed E-state index contributed by atoms with van der Waals surface area (Å²) in [6.45, 7) is 7.87. The van der Waals surface area contributed by atoms with Crippen molar-refractivity contribution in [2.24, 2.45) is 0 Å². The fraction of sp³-hybridized carbons (Fsp3) is 0.478. The lowest BCUT2D eigenvalue weighted by molar-refractivity contribution is 0.312. The Balaban J connectivity index is 1.50. The molecular weight excluding hydrogens is 318 g/mol. The maximum absolute atomic E-state index is 3.81. The van der Waals surface area contributed by atoms with Crippen LogP contribution in [-0.2, 0) is 19.4 Å². The molecule has 4 rings (SSSR count). The summed E-state index contributed by atoms with van der Waals surface area (Å²) in [7, 11) is 2.23. The van der Waals surface area contributed by atoms with Gasteiger partial charge in [-0.2, -0.15) is 0 Å². The Kier molecular flexibility index (Phi) is 5.28. The van der Waals surface area contributed by atoms with Gasteiger partial charge in [-0.15, -0.1) is 0 Å². The van der Waals surface area contributed by atoms with Gasteiger partial charge in [0.1, 0.15) is 0 Å². The molecule has 0 saturated carbocycles. The normalized spacial score (nSPS) is 20.8. The summed E-state index contributed by atoms with van der Waals surface area (Å²) in [5.41, 5.74) is 7.55. The van der Waals surface area contributed by atoms with E-state index in [9.17, 15) is 0 Å². The molecule has 0 radical (unpaired) electrons. The lowest BCUT2D eigenvalue weighted by Crippen LogP contribution is -2.45. The van der Waals surface area contributed by atoms with E-state index < -0.39 is 0 Å². The fourth-order valence-corrected chi connectivity index (χ4v) is 4.42. The van der Waals surface area contributed by atoms with Gasteiger partial charge < -0.3 is 15.1 Å². The average molecular weight is 350 g/mol. The highest BCUT2D eigenvalue weighted by Gasteiger charge is 2.25. The van der Waals surface area contributed by atoms with E-state index in [1.54, 1.807) is 11.1 Å². The van der Waals surface area contributed by atoms with E-state index in [1.165, 1.54) is 42.7 Å². The standard InChI is InChI=1S/C23H31N3/c1-18-8-11-23(26-14-12-25(2)13-15-26)22-16-20(9-10-21(18)22)24-17-19-6-4-3-5-7-19/h3-8,11,20,24H,9-10,12-17H2,1-2H3/t20-/m1/s1. The summed E-state index contributed by atoms with van der Waals surface area (Å²) in [5, 5.41) is 3.81. The van der Waals surface area contributed by atoms with E-state index in [4.69, 9.17) is 0 Å². The molecular formula is C23H31N3. The Morgan fingerprint density at radius 3 is 2.50 bits per heavy atom. The smallest absolute Gasteiger partial charge is 0.0403 e. The molecule has 138 valence electrons. The molecule has 2 aromatic rings. The number of hydrogen-bond donors (Lipinski definition) is 1. The molecule has 1 aliphatic heterocycles. The number of fused-ring (bicyclic) bond motifs is 1. The first kappa shape index (κ1) is 17.6. The second-order valence-electron chi connectivity index (χ2n) is 7.96. The third kappa shape index (κ3) is 3.79. The molecule has 1 atom stereocenters. The minimum Gasteiger partial charge on any atom is -0.369 e. The van der Waals surface area contributed by atoms with Gasteiger partial charge in [0.15, 0.2) is 0 Å². The summed E-state index contributed by atoms with van der Waals surface area (Å²) in [4.78, 5) is 5.04. The molecule has 0 aromatic heterocycles. The van der Waals surface area contributed by atoms with E-state index in [-0.39, 0.29) is 0 Å². The first-order valence-corrected chi connectivity index (χ1v) is 10.0. The molecule has 2 aliphatic rings. The van der Waals surface area contributed by atoms with Crippen LogP contribution in [-0.4, -0.2) is 44.2 Å². The number of hydrogen-bond acceptors (Lipinski definition) is 3. The van der Waals surface area contributed by atoms with Crippen LogP contribution < -0.4 is 10.2 Å². The molecule has 1 N–H and O–H groups in total. The first-order valence-electron chi connectivity index (χ1n) is 10.0. The van der Waals surface area contributed by atoms with E-state index in [2.05, 4.69) is 71.6 Å². The van der Waals surface area contributed by atoms with E-state index in [0.717, 1.165) is 26.1 Å². The summed E-state index contributed by atoms with van der Waals surface area (Å²) >= 11 is 0. The number of nitrogens with zero attached hydrogens (tertiary/aromatic N) is 2. The van der Waals surface area contributed by atoms with E-state index in [0.29, 0.717) is 6.04 Å². The predicted molar refractivity (Wildman–Crippen MR) is 110 cm³/mol. The highest BCUT2D eigenvalue weighted by atomic mass is 15.2. The lowest BCUT2D eigenvalue weighted by atomic mass is 9.84. The van der Waals surface area contributed by atoms with Crippen LogP contribution >= 0.6 is 0 Å². The molecule has 3 nitrogen and oxygen atoms in total. The minimum atomic E-state index is 0.579. The van der Waals surface area contributed by atoms with Crippen LogP contribution in [0, 0.1) is 6.92 Å². The van der Waals surface area contributed by atoms with Gasteiger partial charge in [-0.25, -0.2) is 0 Å². The quantitative estimate of drug-likeness (QED) is 0.913. The summed E-state index contributed by atoms with van der Waals surface area (Å²) in [6.07, 6.45) is 3.60. The van der Waals surface area contributed by atoms with Gasteiger partial charge in [0.05, 0.1) is 0 Å². The Labute approximate surface area is 158 Å². The Morgan fingerprint density at radius 1 is 0.962 bits per heavy atom. The van der Waals surface area contributed by atoms with Crippen molar-refractivity contribution in [3.05, 3.63) is 64.7 Å². The largest absolute Gasteiger partial charge is 0.369 e. The zero-order valence-electron chi connectivity index (χ0n) is 16.2. The van der Waals surface area contributed by atoms with Crippen molar-refractivity contribution < 1.29 is 0 Å². The van der Waals surface area contributed by atoms with Crippen LogP contribution in [0.2, 0.25) is 0 Å². The number of piperazine rings is 1. The monoisotopic (exact) mass is 349 g/mol. The van der Waals surface area contributed by atoms with Crippen LogP contribution in [0.3, 0.4) is 0 Å². The molecule has 1 fully saturated rings. The molecule has 1 aliphatic carbocycles. The zero-order valence-corrected chi connectivity index (χ0v) is 16.2. The van der Waals surface area contributed by atoms with Crippen molar-refractivity contribution in [2.45, 2.75) is 38.8 Å². The number of benzene rings is 2. The zero-order chi connectivity index (χ0) is 17.9. The van der Waals surface area contributed by atoms with Gasteiger partial charge in [-0.3, -0.25) is 0 Å². The topological polar surface area (TPSA) is 18.5 Å². The van der Waals surface area contributed by atoms with Gasteiger partial charge in [0, 0.05) is 44.5 Å². The molecule has 0 unspecified atom stereocenters. The van der Waals surface area contributed by atoms with Gasteiger partial charge in [-0.1, -0.05) is 36.4 Å². The maximum atomic E-state index is 3.81. The first-order chi connectivity index (χ1) is 12.7. The SMILES string of the molecule is Cc1ccc(N2CCN(C)CC2)c2c1CC[C@@H](NCc1ccccc1)C2. The highest BCUT2D eigenvalue weighted by Crippen LogP contribution is 2.33. The van der Waals surface area contributed by atoms with E-state index in [1.807, 2.05) is 0 Å². The van der Waals surface area contributed by atoms with Crippen LogP contribution in [0.15, 0.2) is 42.5 Å². The van der Waals surface area contributed by atoms with Crippen molar-refractivity contribution in [3.8, 4) is 0 Å². The second kappa shape index (κ2) is 7.81. The Hall–Kier alpha value is -1.84. The number of rotatable bonds is 4. The second-order valence-corrected chi connectivity index (χ2v) is 7.96. The van der Waals surface area contributed by atoms with Gasteiger partial charge in [0.2, 0.25) is 0 Å². The minimum absolute atomic E-state index is 0.579. The van der Waals surface area contributed by atoms with Crippen molar-refractivity contribution in [1.29, 1.82) is 0 Å². The summed E-state index contributed by atoms with van der Waals surface area (Å²) < 4.78 is 0. The van der Waals surface area contributed by atoms with Crippen LogP contribution in [0.1, 0.15) is 28.7 Å². The summed E-state index contributed by atoms with van der Waals surface area (Å²) in [5.74, 6) is 0.